The van der Waals surface area contributed by atoms with Crippen LogP contribution in [0.25, 0.3) is 0 Å². The summed E-state index contributed by atoms with van der Waals surface area (Å²) in [5.74, 6) is -3.79. The van der Waals surface area contributed by atoms with Crippen LogP contribution in [0.1, 0.15) is 21.5 Å². The van der Waals surface area contributed by atoms with Crippen molar-refractivity contribution in [2.24, 2.45) is 0 Å². The number of rotatable bonds is 4. The minimum Gasteiger partial charge on any atom is -0.382 e. The van der Waals surface area contributed by atoms with E-state index in [1.54, 1.807) is 19.1 Å². The maximum atomic E-state index is 14.2. The number of halogens is 3. The molecule has 2 rings (SSSR count). The molecule has 0 aliphatic carbocycles. The molecule has 1 amide bonds. The van der Waals surface area contributed by atoms with Crippen LogP contribution in [0.4, 0.5) is 14.6 Å². The Balaban J connectivity index is 2.10. The average molecular weight is 326 g/mol. The van der Waals surface area contributed by atoms with Crippen LogP contribution in [-0.4, -0.2) is 17.4 Å². The number of hydrogen-bond acceptors (Lipinski definition) is 3. The summed E-state index contributed by atoms with van der Waals surface area (Å²) in [5, 5.41) is 2.28. The summed E-state index contributed by atoms with van der Waals surface area (Å²) in [6, 6.07) is 7.42. The van der Waals surface area contributed by atoms with E-state index in [1.165, 1.54) is 24.4 Å². The first kappa shape index (κ1) is 16.2. The molecular formula is C15H14ClF2N3O. The van der Waals surface area contributed by atoms with Crippen molar-refractivity contribution in [3.63, 3.8) is 0 Å². The van der Waals surface area contributed by atoms with Gasteiger partial charge < -0.3 is 11.1 Å². The number of aromatic nitrogens is 1. The van der Waals surface area contributed by atoms with Crippen LogP contribution in [-0.2, 0) is 5.92 Å². The Labute approximate surface area is 131 Å². The molecule has 0 spiro atoms. The summed E-state index contributed by atoms with van der Waals surface area (Å²) in [6.45, 7) is 0.771. The smallest absolute Gasteiger partial charge is 0.290 e. The lowest BCUT2D eigenvalue weighted by atomic mass is 10.0. The van der Waals surface area contributed by atoms with Gasteiger partial charge in [0.25, 0.3) is 11.8 Å². The molecule has 3 N–H and O–H groups in total. The van der Waals surface area contributed by atoms with Crippen LogP contribution in [0.2, 0.25) is 5.02 Å². The Hall–Kier alpha value is -2.21. The van der Waals surface area contributed by atoms with Crippen LogP contribution < -0.4 is 11.1 Å². The van der Waals surface area contributed by atoms with Crippen molar-refractivity contribution in [1.82, 2.24) is 10.3 Å². The van der Waals surface area contributed by atoms with Crippen molar-refractivity contribution < 1.29 is 13.6 Å². The summed E-state index contributed by atoms with van der Waals surface area (Å²) in [5.41, 5.74) is 5.84. The second-order valence-electron chi connectivity index (χ2n) is 4.79. The predicted molar refractivity (Wildman–Crippen MR) is 81.1 cm³/mol. The maximum Gasteiger partial charge on any atom is 0.290 e. The van der Waals surface area contributed by atoms with Crippen LogP contribution >= 0.6 is 11.6 Å². The Morgan fingerprint density at radius 2 is 2.09 bits per heavy atom. The van der Waals surface area contributed by atoms with Gasteiger partial charge in [-0.05, 0) is 18.6 Å². The van der Waals surface area contributed by atoms with Gasteiger partial charge in [0.2, 0.25) is 0 Å². The fourth-order valence-electron chi connectivity index (χ4n) is 1.94. The lowest BCUT2D eigenvalue weighted by molar-refractivity contribution is -0.00306. The number of nitrogens with two attached hydrogens (primary N) is 1. The second-order valence-corrected chi connectivity index (χ2v) is 5.20. The number of alkyl halides is 2. The van der Waals surface area contributed by atoms with Crippen LogP contribution in [0, 0.1) is 6.92 Å². The molecule has 0 radical (unpaired) electrons. The van der Waals surface area contributed by atoms with E-state index in [0.29, 0.717) is 5.56 Å². The SMILES string of the molecule is Cc1ccccc1C(F)(F)CNC(=O)c1cnc(N)c(Cl)c1. The van der Waals surface area contributed by atoms with Crippen molar-refractivity contribution >= 4 is 23.3 Å². The third-order valence-corrected chi connectivity index (χ3v) is 3.44. The first-order valence-corrected chi connectivity index (χ1v) is 6.82. The predicted octanol–water partition coefficient (Wildman–Crippen LogP) is 3.15. The van der Waals surface area contributed by atoms with Gasteiger partial charge in [-0.15, -0.1) is 0 Å². The van der Waals surface area contributed by atoms with Crippen molar-refractivity contribution in [2.45, 2.75) is 12.8 Å². The van der Waals surface area contributed by atoms with Crippen molar-refractivity contribution in [3.8, 4) is 0 Å². The normalized spacial score (nSPS) is 11.3. The fraction of sp³-hybridized carbons (Fsp3) is 0.200. The molecule has 1 aromatic carbocycles. The lowest BCUT2D eigenvalue weighted by Crippen LogP contribution is -2.35. The topological polar surface area (TPSA) is 68.0 Å². The molecule has 0 fully saturated rings. The number of aryl methyl sites for hydroxylation is 1. The van der Waals surface area contributed by atoms with Gasteiger partial charge in [0.05, 0.1) is 17.1 Å². The molecular weight excluding hydrogens is 312 g/mol. The molecule has 7 heteroatoms. The molecule has 0 saturated heterocycles. The van der Waals surface area contributed by atoms with Crippen LogP contribution in [0.15, 0.2) is 36.5 Å². The maximum absolute atomic E-state index is 14.2. The number of pyridine rings is 1. The van der Waals surface area contributed by atoms with Gasteiger partial charge in [0.15, 0.2) is 0 Å². The number of amides is 1. The van der Waals surface area contributed by atoms with Crippen LogP contribution in [0.3, 0.4) is 0 Å². The molecule has 0 aliphatic heterocycles. The van der Waals surface area contributed by atoms with E-state index in [4.69, 9.17) is 17.3 Å². The highest BCUT2D eigenvalue weighted by molar-refractivity contribution is 6.33. The van der Waals surface area contributed by atoms with E-state index in [2.05, 4.69) is 10.3 Å². The minimum absolute atomic E-state index is 0.0692. The van der Waals surface area contributed by atoms with E-state index >= 15 is 0 Å². The molecule has 1 heterocycles. The molecule has 116 valence electrons. The summed E-state index contributed by atoms with van der Waals surface area (Å²) in [6.07, 6.45) is 1.18. The Bertz CT molecular complexity index is 707. The molecule has 2 aromatic rings. The molecule has 0 aliphatic rings. The second kappa shape index (κ2) is 6.27. The Morgan fingerprint density at radius 3 is 2.73 bits per heavy atom. The number of carbonyl (C=O) groups is 1. The quantitative estimate of drug-likeness (QED) is 0.907. The molecule has 0 bridgehead atoms. The fourth-order valence-corrected chi connectivity index (χ4v) is 2.11. The number of nitrogen functional groups attached to an aromatic ring is 1. The van der Waals surface area contributed by atoms with Gasteiger partial charge in [-0.1, -0.05) is 35.9 Å². The Morgan fingerprint density at radius 1 is 1.41 bits per heavy atom. The van der Waals surface area contributed by atoms with Gasteiger partial charge in [-0.3, -0.25) is 4.79 Å². The summed E-state index contributed by atoms with van der Waals surface area (Å²) >= 11 is 5.75. The van der Waals surface area contributed by atoms with Crippen molar-refractivity contribution in [2.75, 3.05) is 12.3 Å². The standard InChI is InChI=1S/C15H14ClF2N3O/c1-9-4-2-3-5-11(9)15(17,18)8-21-14(22)10-6-12(16)13(19)20-7-10/h2-7H,8H2,1H3,(H2,19,20)(H,21,22). The van der Waals surface area contributed by atoms with E-state index < -0.39 is 18.4 Å². The van der Waals surface area contributed by atoms with E-state index in [-0.39, 0.29) is 22.0 Å². The number of carbonyl (C=O) groups excluding carboxylic acids is 1. The van der Waals surface area contributed by atoms with Crippen LogP contribution in [0.5, 0.6) is 0 Å². The van der Waals surface area contributed by atoms with E-state index in [1.807, 2.05) is 0 Å². The zero-order valence-electron chi connectivity index (χ0n) is 11.7. The number of nitrogens with zero attached hydrogens (tertiary/aromatic N) is 1. The largest absolute Gasteiger partial charge is 0.382 e. The average Bonchev–Trinajstić information content (AvgIpc) is 2.48. The molecule has 0 atom stereocenters. The third-order valence-electron chi connectivity index (χ3n) is 3.14. The number of anilines is 1. The summed E-state index contributed by atoms with van der Waals surface area (Å²) < 4.78 is 28.3. The highest BCUT2D eigenvalue weighted by atomic mass is 35.5. The van der Waals surface area contributed by atoms with Gasteiger partial charge in [-0.25, -0.2) is 4.98 Å². The molecule has 0 unspecified atom stereocenters. The number of hydrogen-bond donors (Lipinski definition) is 2. The zero-order chi connectivity index (χ0) is 16.3. The number of nitrogens with one attached hydrogen (secondary N) is 1. The lowest BCUT2D eigenvalue weighted by Gasteiger charge is -2.19. The minimum atomic E-state index is -3.17. The van der Waals surface area contributed by atoms with E-state index in [9.17, 15) is 13.6 Å². The van der Waals surface area contributed by atoms with Gasteiger partial charge in [-0.2, -0.15) is 8.78 Å². The monoisotopic (exact) mass is 325 g/mol. The first-order valence-electron chi connectivity index (χ1n) is 6.44. The van der Waals surface area contributed by atoms with Crippen molar-refractivity contribution in [3.05, 3.63) is 58.2 Å². The molecule has 22 heavy (non-hydrogen) atoms. The Kier molecular flexibility index (Phi) is 4.61. The highest BCUT2D eigenvalue weighted by Crippen LogP contribution is 2.29. The van der Waals surface area contributed by atoms with E-state index in [0.717, 1.165) is 0 Å². The first-order chi connectivity index (χ1) is 10.3. The molecule has 4 nitrogen and oxygen atoms in total. The summed E-state index contributed by atoms with van der Waals surface area (Å²) in [4.78, 5) is 15.6. The number of benzene rings is 1. The highest BCUT2D eigenvalue weighted by Gasteiger charge is 2.33. The van der Waals surface area contributed by atoms with Gasteiger partial charge >= 0.3 is 0 Å². The van der Waals surface area contributed by atoms with Crippen molar-refractivity contribution in [1.29, 1.82) is 0 Å². The summed E-state index contributed by atoms with van der Waals surface area (Å²) in [7, 11) is 0. The van der Waals surface area contributed by atoms with Gasteiger partial charge in [0, 0.05) is 11.8 Å². The zero-order valence-corrected chi connectivity index (χ0v) is 12.5. The molecule has 0 saturated carbocycles. The third kappa shape index (κ3) is 3.51. The van der Waals surface area contributed by atoms with Gasteiger partial charge in [0.1, 0.15) is 5.82 Å². The molecule has 1 aromatic heterocycles.